The van der Waals surface area contributed by atoms with Gasteiger partial charge in [0.05, 0.1) is 0 Å². The monoisotopic (exact) mass is 227 g/mol. The van der Waals surface area contributed by atoms with Gasteiger partial charge in [-0.1, -0.05) is 45.0 Å². The average molecular weight is 228 g/mol. The maximum Gasteiger partial charge on any atom is -0.00483 e. The molecule has 1 aromatic rings. The Morgan fingerprint density at radius 3 is 2.40 bits per heavy atom. The molecule has 15 heavy (non-hydrogen) atoms. The van der Waals surface area contributed by atoms with Crippen LogP contribution in [-0.2, 0) is 6.42 Å². The largest absolute Gasteiger partial charge is 0.330 e. The summed E-state index contributed by atoms with van der Waals surface area (Å²) < 4.78 is 0. The van der Waals surface area contributed by atoms with Gasteiger partial charge in [-0.25, -0.2) is 0 Å². The normalized spacial score (nSPS) is 12.3. The van der Waals surface area contributed by atoms with E-state index < -0.39 is 0 Å². The number of rotatable bonds is 4. The summed E-state index contributed by atoms with van der Waals surface area (Å²) in [5.41, 5.74) is 8.45. The Hall–Kier alpha value is -0.530. The molecule has 0 radical (unpaired) electrons. The summed E-state index contributed by atoms with van der Waals surface area (Å²) >= 11 is 0. The second-order valence-corrected chi connectivity index (χ2v) is 4.44. The van der Waals surface area contributed by atoms with Gasteiger partial charge in [-0.05, 0) is 35.9 Å². The molecule has 0 aliphatic carbocycles. The van der Waals surface area contributed by atoms with E-state index in [0.717, 1.165) is 13.0 Å². The molecule has 1 atom stereocenters. The zero-order chi connectivity index (χ0) is 10.6. The zero-order valence-electron chi connectivity index (χ0n) is 9.86. The SMILES string of the molecule is CC(C)c1cccc(C[C@@H](C)CN)c1.Cl. The van der Waals surface area contributed by atoms with Gasteiger partial charge in [0.1, 0.15) is 0 Å². The maximum atomic E-state index is 5.62. The van der Waals surface area contributed by atoms with Crippen molar-refractivity contribution in [1.29, 1.82) is 0 Å². The minimum Gasteiger partial charge on any atom is -0.330 e. The van der Waals surface area contributed by atoms with E-state index in [4.69, 9.17) is 5.73 Å². The number of benzene rings is 1. The molecule has 0 spiro atoms. The third kappa shape index (κ3) is 4.67. The lowest BCUT2D eigenvalue weighted by molar-refractivity contribution is 0.592. The molecular weight excluding hydrogens is 206 g/mol. The van der Waals surface area contributed by atoms with Crippen LogP contribution in [0.2, 0.25) is 0 Å². The molecule has 0 saturated carbocycles. The van der Waals surface area contributed by atoms with Crippen molar-refractivity contribution in [3.05, 3.63) is 35.4 Å². The minimum atomic E-state index is 0. The van der Waals surface area contributed by atoms with Gasteiger partial charge in [-0.2, -0.15) is 0 Å². The Morgan fingerprint density at radius 2 is 1.87 bits per heavy atom. The summed E-state index contributed by atoms with van der Waals surface area (Å²) in [7, 11) is 0. The van der Waals surface area contributed by atoms with Crippen molar-refractivity contribution in [3.8, 4) is 0 Å². The van der Waals surface area contributed by atoms with E-state index in [0.29, 0.717) is 11.8 Å². The summed E-state index contributed by atoms with van der Waals surface area (Å²) in [6, 6.07) is 8.84. The van der Waals surface area contributed by atoms with Crippen molar-refractivity contribution < 1.29 is 0 Å². The molecule has 1 rings (SSSR count). The first kappa shape index (κ1) is 14.5. The fourth-order valence-electron chi connectivity index (χ4n) is 1.56. The molecule has 2 N–H and O–H groups in total. The molecule has 1 nitrogen and oxygen atoms in total. The fraction of sp³-hybridized carbons (Fsp3) is 0.538. The summed E-state index contributed by atoms with van der Waals surface area (Å²) in [4.78, 5) is 0. The van der Waals surface area contributed by atoms with Crippen LogP contribution >= 0.6 is 12.4 Å². The second-order valence-electron chi connectivity index (χ2n) is 4.44. The fourth-order valence-corrected chi connectivity index (χ4v) is 1.56. The molecule has 0 amide bonds. The highest BCUT2D eigenvalue weighted by Gasteiger charge is 2.03. The van der Waals surface area contributed by atoms with Gasteiger partial charge in [-0.15, -0.1) is 12.4 Å². The van der Waals surface area contributed by atoms with Gasteiger partial charge < -0.3 is 5.73 Å². The van der Waals surface area contributed by atoms with Crippen molar-refractivity contribution in [1.82, 2.24) is 0 Å². The third-order valence-corrected chi connectivity index (χ3v) is 2.60. The Kier molecular flexibility index (Phi) is 6.62. The van der Waals surface area contributed by atoms with Crippen molar-refractivity contribution in [2.45, 2.75) is 33.1 Å². The van der Waals surface area contributed by atoms with Crippen molar-refractivity contribution in [3.63, 3.8) is 0 Å². The second kappa shape index (κ2) is 6.86. The van der Waals surface area contributed by atoms with Gasteiger partial charge in [0.2, 0.25) is 0 Å². The zero-order valence-corrected chi connectivity index (χ0v) is 10.7. The molecule has 0 unspecified atom stereocenters. The smallest absolute Gasteiger partial charge is 0.00483 e. The Bertz CT molecular complexity index is 284. The summed E-state index contributed by atoms with van der Waals surface area (Å²) in [6.45, 7) is 7.42. The van der Waals surface area contributed by atoms with Crippen molar-refractivity contribution >= 4 is 12.4 Å². The van der Waals surface area contributed by atoms with Crippen LogP contribution in [0.5, 0.6) is 0 Å². The molecule has 0 saturated heterocycles. The van der Waals surface area contributed by atoms with Crippen LogP contribution < -0.4 is 5.73 Å². The van der Waals surface area contributed by atoms with Gasteiger partial charge in [0.15, 0.2) is 0 Å². The van der Waals surface area contributed by atoms with Crippen LogP contribution in [0.25, 0.3) is 0 Å². The summed E-state index contributed by atoms with van der Waals surface area (Å²) in [5.74, 6) is 1.19. The molecule has 0 aliphatic heterocycles. The highest BCUT2D eigenvalue weighted by atomic mass is 35.5. The van der Waals surface area contributed by atoms with E-state index in [1.54, 1.807) is 0 Å². The highest BCUT2D eigenvalue weighted by Crippen LogP contribution is 2.17. The molecular formula is C13H22ClN. The Labute approximate surface area is 99.5 Å². The standard InChI is InChI=1S/C13H21N.ClH/c1-10(2)13-6-4-5-12(8-13)7-11(3)9-14;/h4-6,8,10-11H,7,9,14H2,1-3H3;1H/t11-;/m1./s1. The molecule has 86 valence electrons. The van der Waals surface area contributed by atoms with Gasteiger partial charge in [0, 0.05) is 0 Å². The molecule has 0 bridgehead atoms. The number of hydrogen-bond donors (Lipinski definition) is 1. The molecule has 2 heteroatoms. The van der Waals surface area contributed by atoms with Crippen LogP contribution in [0, 0.1) is 5.92 Å². The van der Waals surface area contributed by atoms with Gasteiger partial charge >= 0.3 is 0 Å². The van der Waals surface area contributed by atoms with E-state index in [2.05, 4.69) is 45.0 Å². The topological polar surface area (TPSA) is 26.0 Å². The number of halogens is 1. The van der Waals surface area contributed by atoms with Crippen molar-refractivity contribution in [2.24, 2.45) is 11.7 Å². The van der Waals surface area contributed by atoms with Crippen molar-refractivity contribution in [2.75, 3.05) is 6.54 Å². The first-order chi connectivity index (χ1) is 6.63. The quantitative estimate of drug-likeness (QED) is 0.839. The predicted molar refractivity (Wildman–Crippen MR) is 69.7 cm³/mol. The number of nitrogens with two attached hydrogens (primary N) is 1. The third-order valence-electron chi connectivity index (χ3n) is 2.60. The van der Waals surface area contributed by atoms with E-state index in [-0.39, 0.29) is 12.4 Å². The van der Waals surface area contributed by atoms with Crippen LogP contribution in [0.15, 0.2) is 24.3 Å². The molecule has 0 aromatic heterocycles. The Balaban J connectivity index is 0.00000196. The molecule has 0 fully saturated rings. The summed E-state index contributed by atoms with van der Waals surface area (Å²) in [5, 5.41) is 0. The Morgan fingerprint density at radius 1 is 1.20 bits per heavy atom. The maximum absolute atomic E-state index is 5.62. The van der Waals surface area contributed by atoms with Crippen LogP contribution in [0.4, 0.5) is 0 Å². The molecule has 1 aromatic carbocycles. The number of hydrogen-bond acceptors (Lipinski definition) is 1. The lowest BCUT2D eigenvalue weighted by Crippen LogP contribution is -2.13. The van der Waals surface area contributed by atoms with Crippen LogP contribution in [0.3, 0.4) is 0 Å². The van der Waals surface area contributed by atoms with E-state index >= 15 is 0 Å². The van der Waals surface area contributed by atoms with Gasteiger partial charge in [-0.3, -0.25) is 0 Å². The van der Waals surface area contributed by atoms with Gasteiger partial charge in [0.25, 0.3) is 0 Å². The lowest BCUT2D eigenvalue weighted by Gasteiger charge is -2.11. The first-order valence-corrected chi connectivity index (χ1v) is 5.42. The van der Waals surface area contributed by atoms with Crippen LogP contribution in [0.1, 0.15) is 37.8 Å². The molecule has 0 aliphatic rings. The lowest BCUT2D eigenvalue weighted by atomic mass is 9.96. The van der Waals surface area contributed by atoms with E-state index in [1.807, 2.05) is 0 Å². The van der Waals surface area contributed by atoms with Crippen LogP contribution in [-0.4, -0.2) is 6.54 Å². The predicted octanol–water partition coefficient (Wildman–Crippen LogP) is 3.37. The summed E-state index contributed by atoms with van der Waals surface area (Å²) in [6.07, 6.45) is 1.09. The van der Waals surface area contributed by atoms with E-state index in [9.17, 15) is 0 Å². The minimum absolute atomic E-state index is 0. The first-order valence-electron chi connectivity index (χ1n) is 5.42. The van der Waals surface area contributed by atoms with E-state index in [1.165, 1.54) is 11.1 Å². The highest BCUT2D eigenvalue weighted by molar-refractivity contribution is 5.85. The molecule has 0 heterocycles. The average Bonchev–Trinajstić information content (AvgIpc) is 2.18.